The number of carbonyl (C=O) groups excluding carboxylic acids is 1. The number of ether oxygens (including phenoxy) is 3. The predicted octanol–water partition coefficient (Wildman–Crippen LogP) is 5.94. The van der Waals surface area contributed by atoms with Crippen LogP contribution in [0.4, 0.5) is 0 Å². The Morgan fingerprint density at radius 2 is 1.62 bits per heavy atom. The van der Waals surface area contributed by atoms with E-state index in [-0.39, 0.29) is 5.91 Å². The van der Waals surface area contributed by atoms with Crippen molar-refractivity contribution < 1.29 is 19.0 Å². The molecular weight excluding hydrogens is 466 g/mol. The van der Waals surface area contributed by atoms with E-state index in [0.717, 1.165) is 23.3 Å². The number of methoxy groups -OCH3 is 1. The number of amides is 1. The van der Waals surface area contributed by atoms with Crippen LogP contribution in [0.3, 0.4) is 0 Å². The summed E-state index contributed by atoms with van der Waals surface area (Å²) in [6.07, 6.45) is 2.58. The largest absolute Gasteiger partial charge is 0.493 e. The van der Waals surface area contributed by atoms with Crippen LogP contribution < -0.4 is 14.2 Å². The van der Waals surface area contributed by atoms with E-state index in [1.807, 2.05) is 84.9 Å². The molecule has 0 unspecified atom stereocenters. The highest BCUT2D eigenvalue weighted by molar-refractivity contribution is 8.26. The summed E-state index contributed by atoms with van der Waals surface area (Å²) < 4.78 is 17.6. The Morgan fingerprint density at radius 3 is 2.35 bits per heavy atom. The molecule has 7 heteroatoms. The Labute approximate surface area is 209 Å². The van der Waals surface area contributed by atoms with Crippen molar-refractivity contribution in [2.24, 2.45) is 0 Å². The van der Waals surface area contributed by atoms with Crippen LogP contribution in [0, 0.1) is 0 Å². The smallest absolute Gasteiger partial charge is 0.266 e. The second-order valence-corrected chi connectivity index (χ2v) is 9.20. The van der Waals surface area contributed by atoms with Crippen LogP contribution in [0.2, 0.25) is 0 Å². The molecule has 0 N–H and O–H groups in total. The number of hydrogen-bond acceptors (Lipinski definition) is 6. The molecular formula is C27H25NO4S2. The maximum atomic E-state index is 12.9. The van der Waals surface area contributed by atoms with Gasteiger partial charge in [0.25, 0.3) is 5.91 Å². The van der Waals surface area contributed by atoms with E-state index in [2.05, 4.69) is 0 Å². The van der Waals surface area contributed by atoms with Crippen LogP contribution in [0.5, 0.6) is 17.2 Å². The standard InChI is InChI=1S/C27H25NO4S2/c1-30-24-17-21(13-14-23(24)32-16-8-15-31-22-11-6-3-7-12-22)18-25-26(29)28(27(33)34-25)19-20-9-4-2-5-10-20/h2-7,9-14,17-18H,8,15-16,19H2,1H3/b25-18+. The fourth-order valence-corrected chi connectivity index (χ4v) is 4.65. The summed E-state index contributed by atoms with van der Waals surface area (Å²) in [4.78, 5) is 15.2. The van der Waals surface area contributed by atoms with Gasteiger partial charge in [-0.2, -0.15) is 0 Å². The van der Waals surface area contributed by atoms with Gasteiger partial charge in [-0.15, -0.1) is 0 Å². The van der Waals surface area contributed by atoms with E-state index >= 15 is 0 Å². The molecule has 5 nitrogen and oxygen atoms in total. The van der Waals surface area contributed by atoms with Gasteiger partial charge in [0.05, 0.1) is 31.8 Å². The summed E-state index contributed by atoms with van der Waals surface area (Å²) in [5.74, 6) is 2.02. The molecule has 3 aromatic carbocycles. The number of para-hydroxylation sites is 1. The van der Waals surface area contributed by atoms with Gasteiger partial charge in [-0.3, -0.25) is 9.69 Å². The monoisotopic (exact) mass is 491 g/mol. The van der Waals surface area contributed by atoms with Crippen molar-refractivity contribution >= 4 is 40.3 Å². The van der Waals surface area contributed by atoms with Gasteiger partial charge in [0, 0.05) is 6.42 Å². The molecule has 0 bridgehead atoms. The third kappa shape index (κ3) is 6.18. The average Bonchev–Trinajstić information content (AvgIpc) is 3.13. The van der Waals surface area contributed by atoms with Gasteiger partial charge in [-0.05, 0) is 41.5 Å². The van der Waals surface area contributed by atoms with E-state index in [0.29, 0.717) is 40.5 Å². The van der Waals surface area contributed by atoms with Crippen LogP contribution in [0.1, 0.15) is 17.5 Å². The lowest BCUT2D eigenvalue weighted by molar-refractivity contribution is -0.122. The highest BCUT2D eigenvalue weighted by Gasteiger charge is 2.32. The minimum atomic E-state index is -0.0865. The molecule has 1 aliphatic heterocycles. The molecule has 34 heavy (non-hydrogen) atoms. The second kappa shape index (κ2) is 11.7. The molecule has 1 fully saturated rings. The zero-order chi connectivity index (χ0) is 23.8. The fraction of sp³-hybridized carbons (Fsp3) is 0.185. The molecule has 174 valence electrons. The van der Waals surface area contributed by atoms with Crippen LogP contribution in [0.15, 0.2) is 83.8 Å². The van der Waals surface area contributed by atoms with E-state index < -0.39 is 0 Å². The summed E-state index contributed by atoms with van der Waals surface area (Å²) in [7, 11) is 1.60. The van der Waals surface area contributed by atoms with Gasteiger partial charge in [0.2, 0.25) is 0 Å². The Hall–Kier alpha value is -3.29. The summed E-state index contributed by atoms with van der Waals surface area (Å²) in [6, 6.07) is 25.2. The molecule has 1 saturated heterocycles. The first kappa shape index (κ1) is 23.9. The number of carbonyl (C=O) groups is 1. The first-order chi connectivity index (χ1) is 16.6. The van der Waals surface area contributed by atoms with Crippen molar-refractivity contribution in [1.29, 1.82) is 0 Å². The lowest BCUT2D eigenvalue weighted by Gasteiger charge is -2.14. The highest BCUT2D eigenvalue weighted by atomic mass is 32.2. The fourth-order valence-electron chi connectivity index (χ4n) is 3.39. The normalized spacial score (nSPS) is 14.5. The molecule has 1 aliphatic rings. The van der Waals surface area contributed by atoms with E-state index in [9.17, 15) is 4.79 Å². The summed E-state index contributed by atoms with van der Waals surface area (Å²) >= 11 is 6.77. The number of thiocarbonyl (C=S) groups is 1. The summed E-state index contributed by atoms with van der Waals surface area (Å²) in [5.41, 5.74) is 1.88. The highest BCUT2D eigenvalue weighted by Crippen LogP contribution is 2.35. The van der Waals surface area contributed by atoms with Gasteiger partial charge in [0.15, 0.2) is 11.5 Å². The zero-order valence-corrected chi connectivity index (χ0v) is 20.4. The van der Waals surface area contributed by atoms with Gasteiger partial charge >= 0.3 is 0 Å². The van der Waals surface area contributed by atoms with Gasteiger partial charge in [-0.25, -0.2) is 0 Å². The number of hydrogen-bond donors (Lipinski definition) is 0. The number of thioether (sulfide) groups is 1. The Morgan fingerprint density at radius 1 is 0.912 bits per heavy atom. The van der Waals surface area contributed by atoms with E-state index in [1.54, 1.807) is 12.0 Å². The van der Waals surface area contributed by atoms with Gasteiger partial charge < -0.3 is 14.2 Å². The van der Waals surface area contributed by atoms with Crippen molar-refractivity contribution in [3.8, 4) is 17.2 Å². The summed E-state index contributed by atoms with van der Waals surface area (Å²) in [5, 5.41) is 0. The molecule has 4 rings (SSSR count). The molecule has 0 atom stereocenters. The minimum absolute atomic E-state index is 0.0865. The third-order valence-electron chi connectivity index (χ3n) is 5.10. The number of rotatable bonds is 10. The molecule has 0 aromatic heterocycles. The first-order valence-corrected chi connectivity index (χ1v) is 12.1. The molecule has 0 aliphatic carbocycles. The third-order valence-corrected chi connectivity index (χ3v) is 6.48. The number of benzene rings is 3. The SMILES string of the molecule is COc1cc(/C=C2/SC(=S)N(Cc3ccccc3)C2=O)ccc1OCCCOc1ccccc1. The average molecular weight is 492 g/mol. The molecule has 3 aromatic rings. The lowest BCUT2D eigenvalue weighted by atomic mass is 10.1. The molecule has 1 amide bonds. The Bertz CT molecular complexity index is 1170. The van der Waals surface area contributed by atoms with Gasteiger partial charge in [-0.1, -0.05) is 78.6 Å². The van der Waals surface area contributed by atoms with Crippen LogP contribution >= 0.6 is 24.0 Å². The predicted molar refractivity (Wildman–Crippen MR) is 140 cm³/mol. The molecule has 1 heterocycles. The van der Waals surface area contributed by atoms with Crippen molar-refractivity contribution in [2.75, 3.05) is 20.3 Å². The maximum absolute atomic E-state index is 12.9. The Kier molecular flexibility index (Phi) is 8.22. The van der Waals surface area contributed by atoms with E-state index in [4.69, 9.17) is 26.4 Å². The maximum Gasteiger partial charge on any atom is 0.266 e. The second-order valence-electron chi connectivity index (χ2n) is 7.53. The molecule has 0 saturated carbocycles. The topological polar surface area (TPSA) is 48.0 Å². The van der Waals surface area contributed by atoms with E-state index in [1.165, 1.54) is 11.8 Å². The summed E-state index contributed by atoms with van der Waals surface area (Å²) in [6.45, 7) is 1.53. The van der Waals surface area contributed by atoms with Crippen molar-refractivity contribution in [1.82, 2.24) is 4.90 Å². The molecule has 0 spiro atoms. The molecule has 0 radical (unpaired) electrons. The van der Waals surface area contributed by atoms with Crippen LogP contribution in [-0.4, -0.2) is 35.5 Å². The van der Waals surface area contributed by atoms with Crippen molar-refractivity contribution in [3.05, 3.63) is 94.9 Å². The first-order valence-electron chi connectivity index (χ1n) is 10.9. The van der Waals surface area contributed by atoms with Crippen LogP contribution in [-0.2, 0) is 11.3 Å². The zero-order valence-electron chi connectivity index (χ0n) is 18.8. The lowest BCUT2D eigenvalue weighted by Crippen LogP contribution is -2.27. The Balaban J connectivity index is 1.35. The minimum Gasteiger partial charge on any atom is -0.493 e. The number of nitrogens with zero attached hydrogens (tertiary/aromatic N) is 1. The van der Waals surface area contributed by atoms with Gasteiger partial charge in [0.1, 0.15) is 10.1 Å². The quantitative estimate of drug-likeness (QED) is 0.199. The van der Waals surface area contributed by atoms with Crippen LogP contribution in [0.25, 0.3) is 6.08 Å². The van der Waals surface area contributed by atoms with Crippen molar-refractivity contribution in [3.63, 3.8) is 0 Å². The van der Waals surface area contributed by atoms with Crippen molar-refractivity contribution in [2.45, 2.75) is 13.0 Å².